The molecule has 0 amide bonds. The number of nitrogens with zero attached hydrogens (tertiary/aromatic N) is 3. The van der Waals surface area contributed by atoms with Crippen LogP contribution in [0.4, 0.5) is 19.0 Å². The van der Waals surface area contributed by atoms with E-state index in [0.717, 1.165) is 0 Å². The van der Waals surface area contributed by atoms with Gasteiger partial charge in [-0.15, -0.1) is 0 Å². The number of halogens is 4. The molecule has 1 fully saturated rings. The van der Waals surface area contributed by atoms with Crippen LogP contribution in [0.25, 0.3) is 0 Å². The number of hydrogen-bond donors (Lipinski definition) is 1. The minimum atomic E-state index is -4.55. The molecule has 1 aliphatic heterocycles. The second-order valence-electron chi connectivity index (χ2n) is 4.87. The molecule has 1 aliphatic rings. The molecule has 0 unspecified atom stereocenters. The number of nitrogens with one attached hydrogen (secondary N) is 1. The fraction of sp³-hybridized carbons (Fsp3) is 0.385. The van der Waals surface area contributed by atoms with Crippen molar-refractivity contribution in [2.24, 2.45) is 0 Å². The zero-order valence-electron chi connectivity index (χ0n) is 11.3. The summed E-state index contributed by atoms with van der Waals surface area (Å²) in [6, 6.07) is 4.54. The van der Waals surface area contributed by atoms with Crippen LogP contribution in [-0.2, 0) is 17.5 Å². The fourth-order valence-corrected chi connectivity index (χ4v) is 2.20. The molecule has 9 heteroatoms. The first-order chi connectivity index (χ1) is 10.4. The van der Waals surface area contributed by atoms with Gasteiger partial charge < -0.3 is 10.1 Å². The number of hydrogen-bond acceptors (Lipinski definition) is 4. The molecular formula is C13H12ClF3N4O. The molecule has 5 nitrogen and oxygen atoms in total. The Labute approximate surface area is 129 Å². The maximum Gasteiger partial charge on any atom is 0.433 e. The van der Waals surface area contributed by atoms with Crippen LogP contribution in [0.15, 0.2) is 24.4 Å². The van der Waals surface area contributed by atoms with Gasteiger partial charge in [0.2, 0.25) is 0 Å². The molecule has 3 heterocycles. The van der Waals surface area contributed by atoms with Crippen LogP contribution in [0.3, 0.4) is 0 Å². The first-order valence-electron chi connectivity index (χ1n) is 6.53. The summed E-state index contributed by atoms with van der Waals surface area (Å²) in [5.41, 5.74) is -0.974. The van der Waals surface area contributed by atoms with Gasteiger partial charge in [-0.1, -0.05) is 17.7 Å². The second-order valence-corrected chi connectivity index (χ2v) is 5.25. The first-order valence-corrected chi connectivity index (χ1v) is 6.90. The van der Waals surface area contributed by atoms with Crippen LogP contribution >= 0.6 is 11.6 Å². The third-order valence-electron chi connectivity index (χ3n) is 3.28. The monoisotopic (exact) mass is 332 g/mol. The average molecular weight is 333 g/mol. The topological polar surface area (TPSA) is 52.0 Å². The number of rotatable bonds is 4. The molecule has 0 spiro atoms. The normalized spacial score (nSPS) is 15.6. The summed E-state index contributed by atoms with van der Waals surface area (Å²) in [7, 11) is 0. The SMILES string of the molecule is FC(F)(F)c1nc(Cl)ccc1CNc1ccn(C2COC2)n1. The van der Waals surface area contributed by atoms with Gasteiger partial charge >= 0.3 is 6.18 Å². The van der Waals surface area contributed by atoms with E-state index in [1.807, 2.05) is 0 Å². The maximum absolute atomic E-state index is 12.9. The molecule has 118 valence electrons. The largest absolute Gasteiger partial charge is 0.433 e. The maximum atomic E-state index is 12.9. The molecule has 1 N–H and O–H groups in total. The van der Waals surface area contributed by atoms with Crippen LogP contribution < -0.4 is 5.32 Å². The summed E-state index contributed by atoms with van der Waals surface area (Å²) >= 11 is 5.54. The van der Waals surface area contributed by atoms with Gasteiger partial charge in [0.25, 0.3) is 0 Å². The van der Waals surface area contributed by atoms with Gasteiger partial charge in [-0.3, -0.25) is 4.68 Å². The Morgan fingerprint density at radius 1 is 1.32 bits per heavy atom. The van der Waals surface area contributed by atoms with Gasteiger partial charge in [-0.25, -0.2) is 4.98 Å². The highest BCUT2D eigenvalue weighted by molar-refractivity contribution is 6.29. The van der Waals surface area contributed by atoms with Crippen molar-refractivity contribution in [1.82, 2.24) is 14.8 Å². The molecule has 3 rings (SSSR count). The van der Waals surface area contributed by atoms with Crippen LogP contribution in [0, 0.1) is 0 Å². The summed E-state index contributed by atoms with van der Waals surface area (Å²) in [5.74, 6) is 0.495. The predicted molar refractivity (Wildman–Crippen MR) is 73.7 cm³/mol. The zero-order chi connectivity index (χ0) is 15.7. The van der Waals surface area contributed by atoms with E-state index in [0.29, 0.717) is 19.0 Å². The number of ether oxygens (including phenoxy) is 1. The van der Waals surface area contributed by atoms with E-state index in [1.54, 1.807) is 16.9 Å². The predicted octanol–water partition coefficient (Wildman–Crippen LogP) is 3.13. The Morgan fingerprint density at radius 2 is 2.09 bits per heavy atom. The highest BCUT2D eigenvalue weighted by Crippen LogP contribution is 2.31. The standard InChI is InChI=1S/C13H12ClF3N4O/c14-10-2-1-8(12(19-10)13(15,16)17)5-18-11-3-4-21(20-11)9-6-22-7-9/h1-4,9H,5-7H2,(H,18,20). The molecule has 0 aromatic carbocycles. The molecule has 0 radical (unpaired) electrons. The Kier molecular flexibility index (Phi) is 3.96. The Balaban J connectivity index is 1.72. The van der Waals surface area contributed by atoms with Crippen LogP contribution in [0.5, 0.6) is 0 Å². The number of aromatic nitrogens is 3. The van der Waals surface area contributed by atoms with E-state index in [1.165, 1.54) is 12.1 Å². The van der Waals surface area contributed by atoms with E-state index in [2.05, 4.69) is 15.4 Å². The second kappa shape index (κ2) is 5.77. The number of alkyl halides is 3. The first kappa shape index (κ1) is 15.1. The molecule has 0 atom stereocenters. The third kappa shape index (κ3) is 3.17. The minimum Gasteiger partial charge on any atom is -0.377 e. The minimum absolute atomic E-state index is 0.0124. The summed E-state index contributed by atoms with van der Waals surface area (Å²) in [5, 5.41) is 6.93. The van der Waals surface area contributed by atoms with Crippen molar-refractivity contribution in [3.05, 3.63) is 40.8 Å². The Bertz CT molecular complexity index is 670. The summed E-state index contributed by atoms with van der Waals surface area (Å²) in [4.78, 5) is 3.37. The summed E-state index contributed by atoms with van der Waals surface area (Å²) in [6.45, 7) is 1.15. The van der Waals surface area contributed by atoms with Gasteiger partial charge in [-0.2, -0.15) is 18.3 Å². The molecule has 0 saturated carbocycles. The van der Waals surface area contributed by atoms with Crippen molar-refractivity contribution in [3.8, 4) is 0 Å². The van der Waals surface area contributed by atoms with Crippen molar-refractivity contribution in [3.63, 3.8) is 0 Å². The zero-order valence-corrected chi connectivity index (χ0v) is 12.0. The van der Waals surface area contributed by atoms with Crippen LogP contribution in [-0.4, -0.2) is 28.0 Å². The van der Waals surface area contributed by atoms with Gasteiger partial charge in [0.05, 0.1) is 19.3 Å². The average Bonchev–Trinajstić information content (AvgIpc) is 2.82. The fourth-order valence-electron chi connectivity index (χ4n) is 2.05. The lowest BCUT2D eigenvalue weighted by atomic mass is 10.2. The lowest BCUT2D eigenvalue weighted by Crippen LogP contribution is -2.30. The van der Waals surface area contributed by atoms with Gasteiger partial charge in [-0.05, 0) is 6.07 Å². The molecular weight excluding hydrogens is 321 g/mol. The van der Waals surface area contributed by atoms with Gasteiger partial charge in [0, 0.05) is 24.4 Å². The smallest absolute Gasteiger partial charge is 0.377 e. The van der Waals surface area contributed by atoms with E-state index in [9.17, 15) is 13.2 Å². The number of pyridine rings is 1. The molecule has 22 heavy (non-hydrogen) atoms. The van der Waals surface area contributed by atoms with E-state index in [-0.39, 0.29) is 23.3 Å². The van der Waals surface area contributed by atoms with Gasteiger partial charge in [0.1, 0.15) is 11.0 Å². The molecule has 1 saturated heterocycles. The Hall–Kier alpha value is -1.80. The molecule has 0 aliphatic carbocycles. The number of anilines is 1. The van der Waals surface area contributed by atoms with Crippen molar-refractivity contribution in [1.29, 1.82) is 0 Å². The Morgan fingerprint density at radius 3 is 2.73 bits per heavy atom. The lowest BCUT2D eigenvalue weighted by molar-refractivity contribution is -0.141. The highest BCUT2D eigenvalue weighted by atomic mass is 35.5. The van der Waals surface area contributed by atoms with E-state index < -0.39 is 11.9 Å². The molecule has 2 aromatic heterocycles. The van der Waals surface area contributed by atoms with E-state index >= 15 is 0 Å². The summed E-state index contributed by atoms with van der Waals surface area (Å²) in [6.07, 6.45) is -2.79. The molecule has 0 bridgehead atoms. The highest BCUT2D eigenvalue weighted by Gasteiger charge is 2.35. The van der Waals surface area contributed by atoms with Gasteiger partial charge in [0.15, 0.2) is 5.69 Å². The van der Waals surface area contributed by atoms with Crippen LogP contribution in [0.2, 0.25) is 5.15 Å². The van der Waals surface area contributed by atoms with E-state index in [4.69, 9.17) is 16.3 Å². The quantitative estimate of drug-likeness (QED) is 0.874. The van der Waals surface area contributed by atoms with Crippen molar-refractivity contribution >= 4 is 17.4 Å². The van der Waals surface area contributed by atoms with Crippen molar-refractivity contribution < 1.29 is 17.9 Å². The van der Waals surface area contributed by atoms with Crippen LogP contribution in [0.1, 0.15) is 17.3 Å². The third-order valence-corrected chi connectivity index (χ3v) is 3.49. The lowest BCUT2D eigenvalue weighted by Gasteiger charge is -2.25. The van der Waals surface area contributed by atoms with Crippen molar-refractivity contribution in [2.45, 2.75) is 18.8 Å². The summed E-state index contributed by atoms with van der Waals surface area (Å²) < 4.78 is 45.6. The van der Waals surface area contributed by atoms with Crippen molar-refractivity contribution in [2.75, 3.05) is 18.5 Å². The molecule has 2 aromatic rings.